The van der Waals surface area contributed by atoms with Crippen LogP contribution >= 0.6 is 11.5 Å². The van der Waals surface area contributed by atoms with Crippen LogP contribution in [-0.4, -0.2) is 30.7 Å². The van der Waals surface area contributed by atoms with Gasteiger partial charge in [0.15, 0.2) is 0 Å². The average molecular weight is 515 g/mol. The Kier molecular flexibility index (Phi) is 6.43. The number of carboxylic acids is 1. The number of ether oxygens (including phenoxy) is 1. The fraction of sp³-hybridized carbons (Fsp3) is 0.167. The third-order valence-electron chi connectivity index (χ3n) is 5.21. The Morgan fingerprint density at radius 2 is 1.89 bits per heavy atom. The molecule has 184 valence electrons. The van der Waals surface area contributed by atoms with Gasteiger partial charge in [-0.1, -0.05) is 12.1 Å². The summed E-state index contributed by atoms with van der Waals surface area (Å²) >= 11 is 1.10. The summed E-state index contributed by atoms with van der Waals surface area (Å²) in [6.45, 7) is 1.48. The first-order valence-corrected chi connectivity index (χ1v) is 11.0. The van der Waals surface area contributed by atoms with Gasteiger partial charge in [-0.15, -0.1) is 5.92 Å². The number of alkyl halides is 3. The van der Waals surface area contributed by atoms with Gasteiger partial charge in [0.2, 0.25) is 0 Å². The lowest BCUT2D eigenvalue weighted by Crippen LogP contribution is -2.40. The Morgan fingerprint density at radius 3 is 2.56 bits per heavy atom. The number of carbonyl (C=O) groups is 1. The van der Waals surface area contributed by atoms with E-state index in [0.29, 0.717) is 36.5 Å². The van der Waals surface area contributed by atoms with Crippen molar-refractivity contribution in [2.75, 3.05) is 0 Å². The van der Waals surface area contributed by atoms with Gasteiger partial charge in [0.05, 0.1) is 16.1 Å². The van der Waals surface area contributed by atoms with Gasteiger partial charge in [-0.2, -0.15) is 17.5 Å². The molecule has 8 nitrogen and oxygen atoms in total. The van der Waals surface area contributed by atoms with E-state index in [1.807, 2.05) is 0 Å². The van der Waals surface area contributed by atoms with Crippen molar-refractivity contribution in [2.45, 2.75) is 19.2 Å². The van der Waals surface area contributed by atoms with Gasteiger partial charge in [-0.05, 0) is 54.7 Å². The van der Waals surface area contributed by atoms with E-state index in [0.717, 1.165) is 18.6 Å². The van der Waals surface area contributed by atoms with Crippen LogP contribution < -0.4 is 16.0 Å². The fourth-order valence-corrected chi connectivity index (χ4v) is 4.33. The first-order valence-electron chi connectivity index (χ1n) is 10.2. The van der Waals surface area contributed by atoms with E-state index in [1.54, 1.807) is 30.3 Å². The molecule has 0 aliphatic heterocycles. The van der Waals surface area contributed by atoms with E-state index in [4.69, 9.17) is 4.74 Å². The molecule has 0 aliphatic rings. The lowest BCUT2D eigenvalue weighted by atomic mass is 10.1. The van der Waals surface area contributed by atoms with Gasteiger partial charge in [0.1, 0.15) is 11.4 Å². The summed E-state index contributed by atoms with van der Waals surface area (Å²) < 4.78 is 51.3. The van der Waals surface area contributed by atoms with Crippen molar-refractivity contribution >= 4 is 27.6 Å². The summed E-state index contributed by atoms with van der Waals surface area (Å²) in [4.78, 5) is 36.8. The predicted octanol–water partition coefficient (Wildman–Crippen LogP) is 3.69. The molecule has 0 bridgehead atoms. The Balaban J connectivity index is 1.88. The molecule has 0 saturated carbocycles. The van der Waals surface area contributed by atoms with E-state index < -0.39 is 35.2 Å². The molecule has 0 fully saturated rings. The second-order valence-electron chi connectivity index (χ2n) is 7.48. The summed E-state index contributed by atoms with van der Waals surface area (Å²) in [5.41, 5.74) is -2.81. The third-order valence-corrected chi connectivity index (χ3v) is 6.04. The van der Waals surface area contributed by atoms with Crippen molar-refractivity contribution in [1.29, 1.82) is 0 Å². The summed E-state index contributed by atoms with van der Waals surface area (Å²) in [6, 6.07) is 11.4. The number of fused-ring (bicyclic) bond motifs is 1. The molecule has 0 saturated heterocycles. The van der Waals surface area contributed by atoms with Crippen LogP contribution in [-0.2, 0) is 18.0 Å². The van der Waals surface area contributed by atoms with Gasteiger partial charge in [0, 0.05) is 24.1 Å². The maximum atomic E-state index is 13.2. The summed E-state index contributed by atoms with van der Waals surface area (Å²) in [5, 5.41) is 9.87. The van der Waals surface area contributed by atoms with Gasteiger partial charge in [-0.25, -0.2) is 14.2 Å². The summed E-state index contributed by atoms with van der Waals surface area (Å²) in [6.07, 6.45) is -6.30. The Hall–Kier alpha value is -4.37. The van der Waals surface area contributed by atoms with Crippen LogP contribution in [0.1, 0.15) is 12.6 Å². The van der Waals surface area contributed by atoms with Crippen LogP contribution in [0, 0.1) is 11.8 Å². The van der Waals surface area contributed by atoms with Gasteiger partial charge in [0.25, 0.3) is 11.7 Å². The van der Waals surface area contributed by atoms with Crippen molar-refractivity contribution in [2.24, 2.45) is 7.05 Å². The first-order chi connectivity index (χ1) is 17.0. The molecule has 0 spiro atoms. The molecule has 36 heavy (non-hydrogen) atoms. The van der Waals surface area contributed by atoms with Crippen LogP contribution in [0.25, 0.3) is 27.0 Å². The minimum absolute atomic E-state index is 0.0435. The van der Waals surface area contributed by atoms with Crippen LogP contribution in [0.3, 0.4) is 0 Å². The van der Waals surface area contributed by atoms with Gasteiger partial charge in [-0.3, -0.25) is 9.36 Å². The molecular formula is C24H16F3N3O5S. The van der Waals surface area contributed by atoms with Crippen molar-refractivity contribution in [3.8, 4) is 34.5 Å². The normalized spacial score (nSPS) is 12.1. The van der Waals surface area contributed by atoms with Crippen molar-refractivity contribution in [3.05, 3.63) is 75.1 Å². The predicted molar refractivity (Wildman–Crippen MR) is 126 cm³/mol. The van der Waals surface area contributed by atoms with Gasteiger partial charge < -0.3 is 9.84 Å². The number of aliphatic carboxylic acids is 1. The molecule has 0 amide bonds. The third kappa shape index (κ3) is 4.48. The van der Waals surface area contributed by atoms with Crippen molar-refractivity contribution in [3.63, 3.8) is 0 Å². The topological polar surface area (TPSA) is 103 Å². The lowest BCUT2D eigenvalue weighted by molar-refractivity contribution is -0.144. The summed E-state index contributed by atoms with van der Waals surface area (Å²) in [5.74, 6) is 3.87. The second kappa shape index (κ2) is 9.35. The molecule has 1 atom stereocenters. The van der Waals surface area contributed by atoms with E-state index >= 15 is 0 Å². The van der Waals surface area contributed by atoms with Crippen molar-refractivity contribution in [1.82, 2.24) is 13.5 Å². The van der Waals surface area contributed by atoms with Crippen LogP contribution in [0.2, 0.25) is 0 Å². The van der Waals surface area contributed by atoms with Crippen LogP contribution in [0.15, 0.2) is 58.1 Å². The number of carboxylic acid groups (broad SMARTS) is 1. The molecule has 4 rings (SSSR count). The number of hydrogen-bond donors (Lipinski definition) is 1. The lowest BCUT2D eigenvalue weighted by Gasteiger charge is -2.14. The smallest absolute Gasteiger partial charge is 0.431 e. The SMILES string of the molecule is CC#CC(Oc1ccccc1-c1nsc2ccc(-n3c(=O)cc(C(F)(F)F)n(C)c3=O)cc12)C(=O)O. The Bertz CT molecular complexity index is 1670. The second-order valence-corrected chi connectivity index (χ2v) is 8.29. The molecular weight excluding hydrogens is 499 g/mol. The number of halogens is 3. The minimum atomic E-state index is -4.87. The standard InChI is InChI=1S/C24H16F3N3O5S/c1-3-6-17(22(32)33)35-16-8-5-4-7-14(16)21-15-11-13(9-10-18(15)36-28-21)30-20(31)12-19(24(25,26)27)29(2)23(30)34/h4-5,7-12,17H,1-2H3,(H,32,33). The molecule has 0 aliphatic carbocycles. The maximum Gasteiger partial charge on any atom is 0.431 e. The highest BCUT2D eigenvalue weighted by molar-refractivity contribution is 7.13. The largest absolute Gasteiger partial charge is 0.478 e. The zero-order valence-corrected chi connectivity index (χ0v) is 19.5. The number of hydrogen-bond acceptors (Lipinski definition) is 6. The van der Waals surface area contributed by atoms with E-state index in [9.17, 15) is 32.7 Å². The molecule has 0 radical (unpaired) electrons. The molecule has 4 aromatic rings. The molecule has 12 heteroatoms. The summed E-state index contributed by atoms with van der Waals surface area (Å²) in [7, 11) is 0.933. The Morgan fingerprint density at radius 1 is 1.17 bits per heavy atom. The number of benzene rings is 2. The molecule has 2 aromatic heterocycles. The number of para-hydroxylation sites is 1. The van der Waals surface area contributed by atoms with E-state index in [-0.39, 0.29) is 11.4 Å². The number of nitrogens with zero attached hydrogens (tertiary/aromatic N) is 3. The highest BCUT2D eigenvalue weighted by Gasteiger charge is 2.35. The molecule has 1 N–H and O–H groups in total. The van der Waals surface area contributed by atoms with E-state index in [2.05, 4.69) is 16.2 Å². The molecule has 1 unspecified atom stereocenters. The Labute approximate surface area is 205 Å². The first kappa shape index (κ1) is 24.7. The zero-order chi connectivity index (χ0) is 26.2. The highest BCUT2D eigenvalue weighted by atomic mass is 32.1. The number of aromatic nitrogens is 3. The number of rotatable bonds is 5. The van der Waals surface area contributed by atoms with Crippen LogP contribution in [0.5, 0.6) is 5.75 Å². The average Bonchev–Trinajstić information content (AvgIpc) is 3.24. The van der Waals surface area contributed by atoms with Crippen LogP contribution in [0.4, 0.5) is 13.2 Å². The minimum Gasteiger partial charge on any atom is -0.478 e. The van der Waals surface area contributed by atoms with Crippen molar-refractivity contribution < 1.29 is 27.8 Å². The zero-order valence-electron chi connectivity index (χ0n) is 18.7. The molecule has 2 aromatic carbocycles. The van der Waals surface area contributed by atoms with E-state index in [1.165, 1.54) is 19.1 Å². The quantitative estimate of drug-likeness (QED) is 0.407. The molecule has 2 heterocycles. The fourth-order valence-electron chi connectivity index (χ4n) is 3.56. The van der Waals surface area contributed by atoms with Gasteiger partial charge >= 0.3 is 17.8 Å². The monoisotopic (exact) mass is 515 g/mol. The highest BCUT2D eigenvalue weighted by Crippen LogP contribution is 2.37. The maximum absolute atomic E-state index is 13.2.